The van der Waals surface area contributed by atoms with E-state index < -0.39 is 5.91 Å². The highest BCUT2D eigenvalue weighted by molar-refractivity contribution is 7.20. The first kappa shape index (κ1) is 14.8. The molecule has 1 aliphatic carbocycles. The maximum Gasteiger partial charge on any atom is 0.252 e. The van der Waals surface area contributed by atoms with Gasteiger partial charge < -0.3 is 11.1 Å². The lowest BCUT2D eigenvalue weighted by atomic mass is 9.94. The smallest absolute Gasteiger partial charge is 0.252 e. The summed E-state index contributed by atoms with van der Waals surface area (Å²) in [7, 11) is 0. The van der Waals surface area contributed by atoms with Gasteiger partial charge in [0.05, 0.1) is 5.56 Å². The Balaban J connectivity index is 2.25. The standard InChI is InChI=1S/C17H18N2O2S/c1-9-7-8-13-14(16(18)21)17(19-10(2)20)22-15(13)12-6-4-3-5-11(9)12/h3-6,9H,7-8H2,1-2H3,(H2,18,21)(H,19,20). The third-order valence-corrected chi connectivity index (χ3v) is 5.29. The molecule has 0 radical (unpaired) electrons. The van der Waals surface area contributed by atoms with Crippen molar-refractivity contribution in [1.29, 1.82) is 0 Å². The third kappa shape index (κ3) is 2.41. The van der Waals surface area contributed by atoms with E-state index in [1.165, 1.54) is 23.8 Å². The van der Waals surface area contributed by atoms with Crippen LogP contribution < -0.4 is 11.1 Å². The molecule has 0 saturated heterocycles. The molecule has 3 N–H and O–H groups in total. The number of rotatable bonds is 2. The second kappa shape index (κ2) is 5.57. The molecule has 1 aliphatic rings. The van der Waals surface area contributed by atoms with Gasteiger partial charge in [0.25, 0.3) is 5.91 Å². The number of amides is 2. The van der Waals surface area contributed by atoms with E-state index in [2.05, 4.69) is 24.4 Å². The van der Waals surface area contributed by atoms with Crippen LogP contribution in [0.4, 0.5) is 5.00 Å². The molecule has 0 bridgehead atoms. The molecule has 1 aromatic heterocycles. The zero-order valence-corrected chi connectivity index (χ0v) is 13.4. The van der Waals surface area contributed by atoms with E-state index in [0.717, 1.165) is 28.8 Å². The second-order valence-corrected chi connectivity index (χ2v) is 6.71. The zero-order valence-electron chi connectivity index (χ0n) is 12.6. The highest BCUT2D eigenvalue weighted by Gasteiger charge is 2.28. The van der Waals surface area contributed by atoms with Gasteiger partial charge in [0, 0.05) is 11.8 Å². The Hall–Kier alpha value is -2.14. The van der Waals surface area contributed by atoms with Crippen molar-refractivity contribution in [1.82, 2.24) is 0 Å². The maximum atomic E-state index is 11.9. The normalized spacial score (nSPS) is 16.4. The lowest BCUT2D eigenvalue weighted by molar-refractivity contribution is -0.114. The minimum Gasteiger partial charge on any atom is -0.365 e. The Morgan fingerprint density at radius 2 is 2.05 bits per heavy atom. The summed E-state index contributed by atoms with van der Waals surface area (Å²) in [5.41, 5.74) is 9.45. The van der Waals surface area contributed by atoms with Gasteiger partial charge >= 0.3 is 0 Å². The number of nitrogens with one attached hydrogen (secondary N) is 1. The van der Waals surface area contributed by atoms with E-state index in [0.29, 0.717) is 16.5 Å². The second-order valence-electron chi connectivity index (χ2n) is 5.69. The summed E-state index contributed by atoms with van der Waals surface area (Å²) in [6.45, 7) is 3.64. The van der Waals surface area contributed by atoms with E-state index in [4.69, 9.17) is 5.73 Å². The summed E-state index contributed by atoms with van der Waals surface area (Å²) >= 11 is 1.44. The fraction of sp³-hybridized carbons (Fsp3) is 0.294. The van der Waals surface area contributed by atoms with Gasteiger partial charge in [-0.25, -0.2) is 0 Å². The minimum absolute atomic E-state index is 0.194. The molecular formula is C17H18N2O2S. The lowest BCUT2D eigenvalue weighted by Gasteiger charge is -2.12. The first-order valence-electron chi connectivity index (χ1n) is 7.31. The van der Waals surface area contributed by atoms with Gasteiger partial charge in [-0.05, 0) is 35.4 Å². The zero-order chi connectivity index (χ0) is 15.9. The van der Waals surface area contributed by atoms with Crippen LogP contribution in [0, 0.1) is 0 Å². The van der Waals surface area contributed by atoms with Crippen LogP contribution in [0.15, 0.2) is 24.3 Å². The third-order valence-electron chi connectivity index (χ3n) is 4.11. The van der Waals surface area contributed by atoms with Crippen LogP contribution in [0.5, 0.6) is 0 Å². The quantitative estimate of drug-likeness (QED) is 0.890. The lowest BCUT2D eigenvalue weighted by Crippen LogP contribution is -2.16. The van der Waals surface area contributed by atoms with E-state index in [-0.39, 0.29) is 5.91 Å². The van der Waals surface area contributed by atoms with Crippen LogP contribution in [0.1, 0.15) is 47.7 Å². The number of fused-ring (bicyclic) bond motifs is 3. The first-order valence-corrected chi connectivity index (χ1v) is 8.13. The Kier molecular flexibility index (Phi) is 3.74. The first-order chi connectivity index (χ1) is 10.5. The molecule has 5 heteroatoms. The molecule has 0 aliphatic heterocycles. The van der Waals surface area contributed by atoms with Gasteiger partial charge in [0.2, 0.25) is 5.91 Å². The van der Waals surface area contributed by atoms with Crippen molar-refractivity contribution in [2.75, 3.05) is 5.32 Å². The fourth-order valence-electron chi connectivity index (χ4n) is 3.08. The maximum absolute atomic E-state index is 11.9. The van der Waals surface area contributed by atoms with Gasteiger partial charge in [0.15, 0.2) is 0 Å². The SMILES string of the molecule is CC(=O)Nc1sc2c(c1C(N)=O)CCC(C)c1ccccc1-2. The Labute approximate surface area is 133 Å². The Morgan fingerprint density at radius 1 is 1.32 bits per heavy atom. The van der Waals surface area contributed by atoms with Crippen molar-refractivity contribution < 1.29 is 9.59 Å². The number of thiophene rings is 1. The van der Waals surface area contributed by atoms with Crippen LogP contribution in [-0.4, -0.2) is 11.8 Å². The number of primary amides is 1. The van der Waals surface area contributed by atoms with Crippen LogP contribution in [0.2, 0.25) is 0 Å². The molecule has 0 fully saturated rings. The average molecular weight is 314 g/mol. The van der Waals surface area contributed by atoms with E-state index in [1.54, 1.807) is 0 Å². The molecule has 114 valence electrons. The molecule has 1 aromatic carbocycles. The number of hydrogen-bond donors (Lipinski definition) is 2. The average Bonchev–Trinajstić information content (AvgIpc) is 2.76. The molecule has 2 aromatic rings. The van der Waals surface area contributed by atoms with Crippen molar-refractivity contribution in [3.05, 3.63) is 41.0 Å². The van der Waals surface area contributed by atoms with E-state index >= 15 is 0 Å². The molecule has 1 heterocycles. The van der Waals surface area contributed by atoms with Crippen molar-refractivity contribution in [3.8, 4) is 10.4 Å². The van der Waals surface area contributed by atoms with Crippen molar-refractivity contribution in [3.63, 3.8) is 0 Å². The predicted octanol–water partition coefficient (Wildman–Crippen LogP) is 3.52. The Morgan fingerprint density at radius 3 is 2.73 bits per heavy atom. The molecule has 2 amide bonds. The topological polar surface area (TPSA) is 72.2 Å². The summed E-state index contributed by atoms with van der Waals surface area (Å²) < 4.78 is 0. The fourth-order valence-corrected chi connectivity index (χ4v) is 4.43. The number of carbonyl (C=O) groups excluding carboxylic acids is 2. The molecule has 1 unspecified atom stereocenters. The van der Waals surface area contributed by atoms with Crippen LogP contribution in [0.25, 0.3) is 10.4 Å². The summed E-state index contributed by atoms with van der Waals surface area (Å²) in [6.07, 6.45) is 1.75. The number of anilines is 1. The molecule has 1 atom stereocenters. The highest BCUT2D eigenvalue weighted by Crippen LogP contribution is 2.46. The molecule has 0 spiro atoms. The van der Waals surface area contributed by atoms with Crippen LogP contribution in [-0.2, 0) is 11.2 Å². The molecule has 0 saturated carbocycles. The van der Waals surface area contributed by atoms with Crippen LogP contribution >= 0.6 is 11.3 Å². The van der Waals surface area contributed by atoms with Crippen molar-refractivity contribution >= 4 is 28.2 Å². The van der Waals surface area contributed by atoms with Gasteiger partial charge in [-0.1, -0.05) is 31.2 Å². The molecule has 3 rings (SSSR count). The summed E-state index contributed by atoms with van der Waals surface area (Å²) in [6, 6.07) is 8.26. The van der Waals surface area contributed by atoms with E-state index in [9.17, 15) is 9.59 Å². The van der Waals surface area contributed by atoms with E-state index in [1.807, 2.05) is 12.1 Å². The van der Waals surface area contributed by atoms with Crippen molar-refractivity contribution in [2.24, 2.45) is 5.73 Å². The predicted molar refractivity (Wildman–Crippen MR) is 89.3 cm³/mol. The van der Waals surface area contributed by atoms with Crippen LogP contribution in [0.3, 0.4) is 0 Å². The largest absolute Gasteiger partial charge is 0.365 e. The van der Waals surface area contributed by atoms with Crippen molar-refractivity contribution in [2.45, 2.75) is 32.6 Å². The Bertz CT molecular complexity index is 764. The minimum atomic E-state index is -0.478. The van der Waals surface area contributed by atoms with Gasteiger partial charge in [-0.2, -0.15) is 0 Å². The molecule has 22 heavy (non-hydrogen) atoms. The molecular weight excluding hydrogens is 296 g/mol. The highest BCUT2D eigenvalue weighted by atomic mass is 32.1. The monoisotopic (exact) mass is 314 g/mol. The summed E-state index contributed by atoms with van der Waals surface area (Å²) in [5.74, 6) is -0.241. The van der Waals surface area contributed by atoms with Gasteiger partial charge in [0.1, 0.15) is 5.00 Å². The molecule has 4 nitrogen and oxygen atoms in total. The number of benzene rings is 1. The summed E-state index contributed by atoms with van der Waals surface area (Å²) in [4.78, 5) is 24.4. The summed E-state index contributed by atoms with van der Waals surface area (Å²) in [5, 5.41) is 3.32. The number of hydrogen-bond acceptors (Lipinski definition) is 3. The number of nitrogens with two attached hydrogens (primary N) is 1. The van der Waals surface area contributed by atoms with Gasteiger partial charge in [-0.3, -0.25) is 9.59 Å². The van der Waals surface area contributed by atoms with Gasteiger partial charge in [-0.15, -0.1) is 11.3 Å². The number of carbonyl (C=O) groups is 2.